The zero-order valence-corrected chi connectivity index (χ0v) is 17.1. The number of halogens is 2. The van der Waals surface area contributed by atoms with Crippen molar-refractivity contribution < 1.29 is 9.90 Å². The van der Waals surface area contributed by atoms with Crippen molar-refractivity contribution in [2.45, 2.75) is 20.0 Å². The summed E-state index contributed by atoms with van der Waals surface area (Å²) >= 11 is 0. The number of nitrogens with zero attached hydrogens (tertiary/aromatic N) is 2. The Kier molecular flexibility index (Phi) is 9.43. The predicted octanol–water partition coefficient (Wildman–Crippen LogP) is 3.19. The first kappa shape index (κ1) is 23.1. The number of anilines is 1. The molecule has 5 nitrogen and oxygen atoms in total. The van der Waals surface area contributed by atoms with Gasteiger partial charge in [-0.25, -0.2) is 0 Å². The van der Waals surface area contributed by atoms with Crippen molar-refractivity contribution in [2.75, 3.05) is 31.1 Å². The monoisotopic (exact) mass is 411 g/mol. The van der Waals surface area contributed by atoms with Crippen LogP contribution in [0.15, 0.2) is 48.5 Å². The van der Waals surface area contributed by atoms with Gasteiger partial charge < -0.3 is 15.3 Å². The second kappa shape index (κ2) is 11.0. The van der Waals surface area contributed by atoms with Crippen LogP contribution >= 0.6 is 24.8 Å². The zero-order valence-electron chi connectivity index (χ0n) is 15.4. The fourth-order valence-corrected chi connectivity index (χ4v) is 3.07. The van der Waals surface area contributed by atoms with Gasteiger partial charge in [0.15, 0.2) is 0 Å². The average molecular weight is 412 g/mol. The summed E-state index contributed by atoms with van der Waals surface area (Å²) < 4.78 is 0. The summed E-state index contributed by atoms with van der Waals surface area (Å²) in [6.07, 6.45) is 0. The summed E-state index contributed by atoms with van der Waals surface area (Å²) in [7, 11) is 0. The van der Waals surface area contributed by atoms with Gasteiger partial charge in [-0.2, -0.15) is 0 Å². The molecule has 0 aliphatic carbocycles. The third kappa shape index (κ3) is 6.94. The molecule has 1 aliphatic heterocycles. The number of aromatic hydroxyl groups is 1. The van der Waals surface area contributed by atoms with Gasteiger partial charge in [0.1, 0.15) is 5.75 Å². The first-order chi connectivity index (χ1) is 12.1. The van der Waals surface area contributed by atoms with E-state index in [1.807, 2.05) is 12.1 Å². The van der Waals surface area contributed by atoms with Crippen LogP contribution in [0.5, 0.6) is 5.75 Å². The molecule has 148 valence electrons. The fraction of sp³-hybridized carbons (Fsp3) is 0.350. The molecule has 0 spiro atoms. The van der Waals surface area contributed by atoms with Crippen LogP contribution in [0.1, 0.15) is 18.1 Å². The van der Waals surface area contributed by atoms with Crippen LogP contribution in [0.4, 0.5) is 5.69 Å². The van der Waals surface area contributed by atoms with Crippen molar-refractivity contribution in [2.24, 2.45) is 0 Å². The number of phenolic OH excluding ortho intramolecular Hbond substituents is 1. The lowest BCUT2D eigenvalue weighted by molar-refractivity contribution is -0.119. The quantitative estimate of drug-likeness (QED) is 0.792. The van der Waals surface area contributed by atoms with Gasteiger partial charge in [0.25, 0.3) is 0 Å². The Bertz CT molecular complexity index is 700. The van der Waals surface area contributed by atoms with Crippen LogP contribution in [0, 0.1) is 0 Å². The first-order valence-corrected chi connectivity index (χ1v) is 8.69. The number of phenols is 1. The maximum atomic E-state index is 11.0. The Morgan fingerprint density at radius 3 is 2.04 bits per heavy atom. The van der Waals surface area contributed by atoms with Crippen molar-refractivity contribution in [3.8, 4) is 5.75 Å². The Hall–Kier alpha value is -1.95. The van der Waals surface area contributed by atoms with Gasteiger partial charge in [-0.05, 0) is 35.4 Å². The normalized spacial score (nSPS) is 14.0. The molecule has 1 amide bonds. The van der Waals surface area contributed by atoms with Crippen molar-refractivity contribution in [3.05, 3.63) is 59.7 Å². The van der Waals surface area contributed by atoms with Gasteiger partial charge >= 0.3 is 0 Å². The smallest absolute Gasteiger partial charge is 0.217 e. The molecule has 0 unspecified atom stereocenters. The average Bonchev–Trinajstić information content (AvgIpc) is 2.62. The number of rotatable bonds is 5. The van der Waals surface area contributed by atoms with E-state index in [-0.39, 0.29) is 30.7 Å². The summed E-state index contributed by atoms with van der Waals surface area (Å²) in [6, 6.07) is 15.9. The fourth-order valence-electron chi connectivity index (χ4n) is 3.07. The summed E-state index contributed by atoms with van der Waals surface area (Å²) in [5.41, 5.74) is 3.58. The van der Waals surface area contributed by atoms with E-state index in [9.17, 15) is 9.90 Å². The minimum atomic E-state index is -0.00410. The highest BCUT2D eigenvalue weighted by atomic mass is 35.5. The lowest BCUT2D eigenvalue weighted by atomic mass is 10.1. The third-order valence-electron chi connectivity index (χ3n) is 4.56. The van der Waals surface area contributed by atoms with Crippen molar-refractivity contribution in [1.29, 1.82) is 0 Å². The van der Waals surface area contributed by atoms with E-state index in [1.54, 1.807) is 12.1 Å². The van der Waals surface area contributed by atoms with Crippen LogP contribution in [0.2, 0.25) is 0 Å². The largest absolute Gasteiger partial charge is 0.508 e. The molecule has 1 fully saturated rings. The van der Waals surface area contributed by atoms with E-state index in [0.29, 0.717) is 12.3 Å². The molecule has 0 aromatic heterocycles. The number of piperazine rings is 1. The molecule has 2 aromatic carbocycles. The molecule has 1 heterocycles. The van der Waals surface area contributed by atoms with E-state index < -0.39 is 0 Å². The van der Waals surface area contributed by atoms with Crippen molar-refractivity contribution in [3.63, 3.8) is 0 Å². The summed E-state index contributed by atoms with van der Waals surface area (Å²) in [5.74, 6) is 0.305. The molecule has 2 aromatic rings. The highest BCUT2D eigenvalue weighted by molar-refractivity contribution is 5.85. The molecular weight excluding hydrogens is 385 g/mol. The number of carbonyl (C=O) groups excluding carboxylic acids is 1. The summed E-state index contributed by atoms with van der Waals surface area (Å²) in [4.78, 5) is 15.8. The molecule has 27 heavy (non-hydrogen) atoms. The van der Waals surface area contributed by atoms with Crippen LogP contribution < -0.4 is 10.2 Å². The maximum absolute atomic E-state index is 11.0. The Morgan fingerprint density at radius 2 is 1.48 bits per heavy atom. The standard InChI is InChI=1S/C20H25N3O2.2ClH/c1-16(24)21-14-17-2-4-18(5-3-17)15-22-10-12-23(13-11-22)19-6-8-20(25)9-7-19;;/h2-9,25H,10-15H2,1H3,(H,21,24);2*1H. The predicted molar refractivity (Wildman–Crippen MR) is 114 cm³/mol. The highest BCUT2D eigenvalue weighted by Gasteiger charge is 2.17. The number of carbonyl (C=O) groups is 1. The van der Waals surface area contributed by atoms with Gasteiger partial charge in [0.2, 0.25) is 5.91 Å². The highest BCUT2D eigenvalue weighted by Crippen LogP contribution is 2.20. The molecule has 2 N–H and O–H groups in total. The topological polar surface area (TPSA) is 55.8 Å². The molecule has 1 aliphatic rings. The molecule has 1 saturated heterocycles. The van der Waals surface area contributed by atoms with E-state index in [2.05, 4.69) is 39.4 Å². The molecule has 3 rings (SSSR count). The molecule has 0 radical (unpaired) electrons. The minimum absolute atomic E-state index is 0. The lowest BCUT2D eigenvalue weighted by Crippen LogP contribution is -2.45. The van der Waals surface area contributed by atoms with E-state index in [1.165, 1.54) is 18.2 Å². The molecule has 7 heteroatoms. The van der Waals surface area contributed by atoms with Crippen molar-refractivity contribution >= 4 is 36.4 Å². The second-order valence-corrected chi connectivity index (χ2v) is 6.51. The molecule has 0 bridgehead atoms. The van der Waals surface area contributed by atoms with Crippen LogP contribution in [0.3, 0.4) is 0 Å². The van der Waals surface area contributed by atoms with Gasteiger partial charge in [0.05, 0.1) is 0 Å². The lowest BCUT2D eigenvalue weighted by Gasteiger charge is -2.36. The molecular formula is C20H27Cl2N3O2. The minimum Gasteiger partial charge on any atom is -0.508 e. The van der Waals surface area contributed by atoms with Crippen LogP contribution in [-0.4, -0.2) is 42.1 Å². The zero-order chi connectivity index (χ0) is 17.6. The van der Waals surface area contributed by atoms with E-state index in [0.717, 1.165) is 38.3 Å². The summed E-state index contributed by atoms with van der Waals surface area (Å²) in [5, 5.41) is 12.2. The first-order valence-electron chi connectivity index (χ1n) is 8.69. The molecule has 0 saturated carbocycles. The Labute approximate surface area is 173 Å². The van der Waals surface area contributed by atoms with Crippen molar-refractivity contribution in [1.82, 2.24) is 10.2 Å². The van der Waals surface area contributed by atoms with Gasteiger partial charge in [-0.1, -0.05) is 24.3 Å². The van der Waals surface area contributed by atoms with Crippen LogP contribution in [0.25, 0.3) is 0 Å². The van der Waals surface area contributed by atoms with Gasteiger partial charge in [-0.15, -0.1) is 24.8 Å². The second-order valence-electron chi connectivity index (χ2n) is 6.51. The number of nitrogens with one attached hydrogen (secondary N) is 1. The van der Waals surface area contributed by atoms with E-state index >= 15 is 0 Å². The number of hydrogen-bond acceptors (Lipinski definition) is 4. The third-order valence-corrected chi connectivity index (χ3v) is 4.56. The van der Waals surface area contributed by atoms with E-state index in [4.69, 9.17) is 0 Å². The molecule has 0 atom stereocenters. The van der Waals surface area contributed by atoms with Gasteiger partial charge in [-0.3, -0.25) is 9.69 Å². The summed E-state index contributed by atoms with van der Waals surface area (Å²) in [6.45, 7) is 7.09. The maximum Gasteiger partial charge on any atom is 0.217 e. The number of benzene rings is 2. The number of amides is 1. The Morgan fingerprint density at radius 1 is 0.926 bits per heavy atom. The number of hydrogen-bond donors (Lipinski definition) is 2. The van der Waals surface area contributed by atoms with Crippen LogP contribution in [-0.2, 0) is 17.9 Å². The SMILES string of the molecule is CC(=O)NCc1ccc(CN2CCN(c3ccc(O)cc3)CC2)cc1.Cl.Cl. The van der Waals surface area contributed by atoms with Gasteiger partial charge in [0, 0.05) is 51.9 Å². The Balaban J connectivity index is 0.00000182.